The van der Waals surface area contributed by atoms with E-state index in [0.29, 0.717) is 6.61 Å². The number of carbonyl (C=O) groups excluding carboxylic acids is 1. The lowest BCUT2D eigenvalue weighted by atomic mass is 10.1. The van der Waals surface area contributed by atoms with Crippen LogP contribution in [0.1, 0.15) is 27.2 Å². The van der Waals surface area contributed by atoms with Gasteiger partial charge in [-0.2, -0.15) is 0 Å². The molecule has 176 valence electrons. The van der Waals surface area contributed by atoms with Crippen LogP contribution >= 0.6 is 0 Å². The van der Waals surface area contributed by atoms with Gasteiger partial charge in [0.15, 0.2) is 0 Å². The number of carbonyl (C=O) groups is 1. The molecule has 1 aliphatic rings. The van der Waals surface area contributed by atoms with E-state index in [4.69, 9.17) is 9.72 Å². The maximum absolute atomic E-state index is 12.0. The Kier molecular flexibility index (Phi) is 6.83. The summed E-state index contributed by atoms with van der Waals surface area (Å²) < 4.78 is 5.93. The van der Waals surface area contributed by atoms with Gasteiger partial charge in [0.25, 0.3) is 0 Å². The number of nitrogens with one attached hydrogen (secondary N) is 1. The molecule has 0 spiro atoms. The van der Waals surface area contributed by atoms with Crippen LogP contribution < -0.4 is 9.64 Å². The van der Waals surface area contributed by atoms with Gasteiger partial charge in [0, 0.05) is 55.8 Å². The van der Waals surface area contributed by atoms with Crippen molar-refractivity contribution in [1.29, 1.82) is 0 Å². The smallest absolute Gasteiger partial charge is 0.220 e. The molecule has 3 aromatic heterocycles. The topological polar surface area (TPSA) is 77.6 Å². The van der Waals surface area contributed by atoms with Crippen molar-refractivity contribution >= 4 is 22.8 Å². The van der Waals surface area contributed by atoms with Gasteiger partial charge in [0.1, 0.15) is 17.2 Å². The molecule has 33 heavy (non-hydrogen) atoms. The summed E-state index contributed by atoms with van der Waals surface area (Å²) in [4.78, 5) is 31.2. The molecular formula is C25H34N6O2. The Hall–Kier alpha value is -3.13. The average molecular weight is 451 g/mol. The van der Waals surface area contributed by atoms with E-state index in [1.54, 1.807) is 13.1 Å². The highest BCUT2D eigenvalue weighted by Gasteiger charge is 2.31. The van der Waals surface area contributed by atoms with E-state index in [-0.39, 0.29) is 18.0 Å². The number of pyridine rings is 2. The zero-order valence-corrected chi connectivity index (χ0v) is 20.2. The van der Waals surface area contributed by atoms with Gasteiger partial charge in [-0.1, -0.05) is 6.07 Å². The van der Waals surface area contributed by atoms with E-state index in [2.05, 4.69) is 47.7 Å². The summed E-state index contributed by atoms with van der Waals surface area (Å²) in [5.41, 5.74) is 2.70. The van der Waals surface area contributed by atoms with Crippen LogP contribution in [0.5, 0.6) is 5.75 Å². The molecule has 2 atom stereocenters. The Balaban J connectivity index is 1.55. The molecule has 1 N–H and O–H groups in total. The van der Waals surface area contributed by atoms with Crippen LogP contribution in [0.3, 0.4) is 0 Å². The van der Waals surface area contributed by atoms with Gasteiger partial charge in [0.2, 0.25) is 5.91 Å². The van der Waals surface area contributed by atoms with Crippen molar-refractivity contribution in [1.82, 2.24) is 24.8 Å². The SMILES string of the molecule is CC(=O)N1C(C)CN(c2cccc(-c3c[nH]c4ncc(OCCCN(C)C)cc34)n2)CC1C. The highest BCUT2D eigenvalue weighted by molar-refractivity contribution is 5.93. The molecule has 2 unspecified atom stereocenters. The zero-order valence-electron chi connectivity index (χ0n) is 20.2. The Bertz CT molecular complexity index is 1100. The fourth-order valence-electron chi connectivity index (χ4n) is 4.73. The number of aromatic nitrogens is 3. The molecule has 0 saturated carbocycles. The summed E-state index contributed by atoms with van der Waals surface area (Å²) in [6, 6.07) is 8.42. The van der Waals surface area contributed by atoms with E-state index < -0.39 is 0 Å². The summed E-state index contributed by atoms with van der Waals surface area (Å²) in [7, 11) is 4.12. The maximum Gasteiger partial charge on any atom is 0.220 e. The van der Waals surface area contributed by atoms with E-state index in [1.165, 1.54) is 0 Å². The van der Waals surface area contributed by atoms with E-state index >= 15 is 0 Å². The summed E-state index contributed by atoms with van der Waals surface area (Å²) in [5, 5.41) is 0.993. The molecule has 0 radical (unpaired) electrons. The number of anilines is 1. The van der Waals surface area contributed by atoms with Gasteiger partial charge in [-0.25, -0.2) is 9.97 Å². The quantitative estimate of drug-likeness (QED) is 0.556. The van der Waals surface area contributed by atoms with Crippen LogP contribution in [0.2, 0.25) is 0 Å². The summed E-state index contributed by atoms with van der Waals surface area (Å²) in [5.74, 6) is 1.82. The summed E-state index contributed by atoms with van der Waals surface area (Å²) in [6.45, 7) is 9.01. The number of rotatable bonds is 7. The van der Waals surface area contributed by atoms with Crippen LogP contribution in [0.4, 0.5) is 5.82 Å². The number of hydrogen-bond acceptors (Lipinski definition) is 6. The number of fused-ring (bicyclic) bond motifs is 1. The minimum atomic E-state index is 0.127. The summed E-state index contributed by atoms with van der Waals surface area (Å²) >= 11 is 0. The molecule has 1 saturated heterocycles. The molecule has 1 fully saturated rings. The van der Waals surface area contributed by atoms with Crippen molar-refractivity contribution < 1.29 is 9.53 Å². The maximum atomic E-state index is 12.0. The van der Waals surface area contributed by atoms with Gasteiger partial charge < -0.3 is 24.4 Å². The van der Waals surface area contributed by atoms with Crippen molar-refractivity contribution in [3.8, 4) is 17.0 Å². The average Bonchev–Trinajstić information content (AvgIpc) is 3.19. The number of hydrogen-bond donors (Lipinski definition) is 1. The number of ether oxygens (including phenoxy) is 1. The third-order valence-electron chi connectivity index (χ3n) is 6.14. The second kappa shape index (κ2) is 9.79. The van der Waals surface area contributed by atoms with Crippen LogP contribution in [-0.2, 0) is 4.79 Å². The van der Waals surface area contributed by atoms with Gasteiger partial charge in [-0.3, -0.25) is 4.79 Å². The second-order valence-electron chi connectivity index (χ2n) is 9.19. The first-order chi connectivity index (χ1) is 15.8. The van der Waals surface area contributed by atoms with Crippen molar-refractivity contribution in [3.63, 3.8) is 0 Å². The van der Waals surface area contributed by atoms with Gasteiger partial charge in [-0.15, -0.1) is 0 Å². The van der Waals surface area contributed by atoms with Gasteiger partial charge in [0.05, 0.1) is 18.5 Å². The standard InChI is InChI=1S/C25H34N6O2/c1-17-15-30(16-18(2)31(17)19(3)32)24-9-6-8-23(28-24)22-14-27-25-21(22)12-20(13-26-25)33-11-7-10-29(4)5/h6,8-9,12-14,17-18H,7,10-11,15-16H2,1-5H3,(H,26,27). The molecule has 0 aromatic carbocycles. The van der Waals surface area contributed by atoms with E-state index in [1.807, 2.05) is 35.4 Å². The number of piperazine rings is 1. The molecule has 0 bridgehead atoms. The molecule has 4 heterocycles. The number of H-pyrrole nitrogens is 1. The Morgan fingerprint density at radius 2 is 2.00 bits per heavy atom. The Morgan fingerprint density at radius 1 is 1.24 bits per heavy atom. The Morgan fingerprint density at radius 3 is 2.70 bits per heavy atom. The fraction of sp³-hybridized carbons (Fsp3) is 0.480. The van der Waals surface area contributed by atoms with Crippen LogP contribution in [0.25, 0.3) is 22.3 Å². The van der Waals surface area contributed by atoms with E-state index in [9.17, 15) is 4.79 Å². The zero-order chi connectivity index (χ0) is 23.5. The third kappa shape index (κ3) is 5.11. The van der Waals surface area contributed by atoms with Crippen molar-refractivity contribution in [2.75, 3.05) is 45.2 Å². The fourth-order valence-corrected chi connectivity index (χ4v) is 4.73. The first-order valence-electron chi connectivity index (χ1n) is 11.6. The number of aromatic amines is 1. The highest BCUT2D eigenvalue weighted by Crippen LogP contribution is 2.31. The predicted octanol–water partition coefficient (Wildman–Crippen LogP) is 3.40. The highest BCUT2D eigenvalue weighted by atomic mass is 16.5. The first kappa shape index (κ1) is 23.0. The Labute approximate surface area is 195 Å². The monoisotopic (exact) mass is 450 g/mol. The van der Waals surface area contributed by atoms with Crippen molar-refractivity contribution in [2.24, 2.45) is 0 Å². The summed E-state index contributed by atoms with van der Waals surface area (Å²) in [6.07, 6.45) is 4.68. The number of amides is 1. The molecule has 0 aliphatic carbocycles. The van der Waals surface area contributed by atoms with Crippen LogP contribution in [-0.4, -0.2) is 83.1 Å². The molecule has 8 nitrogen and oxygen atoms in total. The molecule has 1 amide bonds. The normalized spacial score (nSPS) is 18.8. The van der Waals surface area contributed by atoms with Crippen molar-refractivity contribution in [3.05, 3.63) is 36.7 Å². The third-order valence-corrected chi connectivity index (χ3v) is 6.14. The molecular weight excluding hydrogens is 416 g/mol. The lowest BCUT2D eigenvalue weighted by Crippen LogP contribution is -2.58. The molecule has 4 rings (SSSR count). The predicted molar refractivity (Wildman–Crippen MR) is 132 cm³/mol. The van der Waals surface area contributed by atoms with Gasteiger partial charge in [-0.05, 0) is 52.6 Å². The van der Waals surface area contributed by atoms with Crippen molar-refractivity contribution in [2.45, 2.75) is 39.3 Å². The molecule has 1 aliphatic heterocycles. The number of nitrogens with zero attached hydrogens (tertiary/aromatic N) is 5. The molecule has 8 heteroatoms. The van der Waals surface area contributed by atoms with E-state index in [0.717, 1.165) is 59.9 Å². The first-order valence-corrected chi connectivity index (χ1v) is 11.6. The molecule has 3 aromatic rings. The largest absolute Gasteiger partial charge is 0.492 e. The minimum absolute atomic E-state index is 0.127. The van der Waals surface area contributed by atoms with Gasteiger partial charge >= 0.3 is 0 Å². The van der Waals surface area contributed by atoms with Crippen LogP contribution in [0, 0.1) is 0 Å². The lowest BCUT2D eigenvalue weighted by Gasteiger charge is -2.44. The van der Waals surface area contributed by atoms with Crippen LogP contribution in [0.15, 0.2) is 36.7 Å². The lowest BCUT2D eigenvalue weighted by molar-refractivity contribution is -0.133. The second-order valence-corrected chi connectivity index (χ2v) is 9.19. The minimum Gasteiger partial charge on any atom is -0.492 e.